The highest BCUT2D eigenvalue weighted by Gasteiger charge is 2.10. The van der Waals surface area contributed by atoms with Crippen molar-refractivity contribution in [3.8, 4) is 0 Å². The Morgan fingerprint density at radius 2 is 2.00 bits per heavy atom. The summed E-state index contributed by atoms with van der Waals surface area (Å²) in [6, 6.07) is 6.21. The molecule has 0 saturated heterocycles. The zero-order valence-corrected chi connectivity index (χ0v) is 11.5. The molecule has 92 valence electrons. The molecule has 0 fully saturated rings. The fourth-order valence-electron chi connectivity index (χ4n) is 2.06. The van der Waals surface area contributed by atoms with E-state index >= 15 is 0 Å². The highest BCUT2D eigenvalue weighted by molar-refractivity contribution is 6.17. The molecule has 1 aromatic carbocycles. The predicted octanol–water partition coefficient (Wildman–Crippen LogP) is 3.85. The zero-order valence-electron chi connectivity index (χ0n) is 9.96. The molecule has 0 aliphatic rings. The SMILES string of the molecule is CCc1c(CCl)c(N)nc2ccc(C)cc12.Cl. The number of aryl methyl sites for hydroxylation is 2. The van der Waals surface area contributed by atoms with Crippen LogP contribution in [-0.4, -0.2) is 4.98 Å². The Kier molecular flexibility index (Phi) is 4.61. The lowest BCUT2D eigenvalue weighted by Gasteiger charge is -2.12. The first-order valence-electron chi connectivity index (χ1n) is 5.41. The molecular formula is C13H16Cl2N2. The van der Waals surface area contributed by atoms with Crippen LogP contribution in [0.3, 0.4) is 0 Å². The maximum atomic E-state index is 5.94. The van der Waals surface area contributed by atoms with Gasteiger partial charge >= 0.3 is 0 Å². The Labute approximate surface area is 113 Å². The fourth-order valence-corrected chi connectivity index (χ4v) is 2.35. The number of pyridine rings is 1. The van der Waals surface area contributed by atoms with Crippen LogP contribution in [0.4, 0.5) is 5.82 Å². The zero-order chi connectivity index (χ0) is 11.7. The van der Waals surface area contributed by atoms with E-state index in [1.165, 1.54) is 16.5 Å². The van der Waals surface area contributed by atoms with Gasteiger partial charge in [0.15, 0.2) is 0 Å². The van der Waals surface area contributed by atoms with Gasteiger partial charge in [-0.05, 0) is 31.0 Å². The number of alkyl halides is 1. The maximum Gasteiger partial charge on any atom is 0.128 e. The number of hydrogen-bond acceptors (Lipinski definition) is 2. The third kappa shape index (κ3) is 2.48. The molecule has 0 aliphatic carbocycles. The lowest BCUT2D eigenvalue weighted by molar-refractivity contribution is 1.11. The van der Waals surface area contributed by atoms with Crippen molar-refractivity contribution in [3.63, 3.8) is 0 Å². The van der Waals surface area contributed by atoms with Crippen molar-refractivity contribution >= 4 is 40.7 Å². The van der Waals surface area contributed by atoms with E-state index in [-0.39, 0.29) is 12.4 Å². The average Bonchev–Trinajstić information content (AvgIpc) is 2.28. The molecule has 0 saturated carbocycles. The van der Waals surface area contributed by atoms with E-state index in [0.717, 1.165) is 17.5 Å². The van der Waals surface area contributed by atoms with Gasteiger partial charge in [0, 0.05) is 10.9 Å². The number of nitrogen functional groups attached to an aromatic ring is 1. The van der Waals surface area contributed by atoms with E-state index in [0.29, 0.717) is 11.7 Å². The van der Waals surface area contributed by atoms with Crippen LogP contribution in [-0.2, 0) is 12.3 Å². The van der Waals surface area contributed by atoms with E-state index in [2.05, 4.69) is 31.0 Å². The smallest absolute Gasteiger partial charge is 0.128 e. The van der Waals surface area contributed by atoms with Crippen LogP contribution in [0, 0.1) is 6.92 Å². The van der Waals surface area contributed by atoms with Crippen LogP contribution < -0.4 is 5.73 Å². The average molecular weight is 271 g/mol. The number of nitrogens with zero attached hydrogens (tertiary/aromatic N) is 1. The Morgan fingerprint density at radius 1 is 1.29 bits per heavy atom. The number of anilines is 1. The van der Waals surface area contributed by atoms with Crippen molar-refractivity contribution in [3.05, 3.63) is 34.9 Å². The van der Waals surface area contributed by atoms with Crippen LogP contribution in [0.5, 0.6) is 0 Å². The molecular weight excluding hydrogens is 255 g/mol. The third-order valence-corrected chi connectivity index (χ3v) is 3.15. The summed E-state index contributed by atoms with van der Waals surface area (Å²) in [5.74, 6) is 0.981. The summed E-state index contributed by atoms with van der Waals surface area (Å²) in [7, 11) is 0. The van der Waals surface area contributed by atoms with Crippen LogP contribution in [0.1, 0.15) is 23.6 Å². The van der Waals surface area contributed by atoms with Gasteiger partial charge in [-0.2, -0.15) is 0 Å². The van der Waals surface area contributed by atoms with Crippen molar-refractivity contribution < 1.29 is 0 Å². The lowest BCUT2D eigenvalue weighted by Crippen LogP contribution is -2.02. The minimum Gasteiger partial charge on any atom is -0.383 e. The number of benzene rings is 1. The summed E-state index contributed by atoms with van der Waals surface area (Å²) in [5, 5.41) is 1.17. The van der Waals surface area contributed by atoms with Gasteiger partial charge in [-0.3, -0.25) is 0 Å². The summed E-state index contributed by atoms with van der Waals surface area (Å²) in [5.41, 5.74) is 10.3. The Morgan fingerprint density at radius 3 is 2.59 bits per heavy atom. The minimum absolute atomic E-state index is 0. The second-order valence-electron chi connectivity index (χ2n) is 3.96. The van der Waals surface area contributed by atoms with Crippen LogP contribution in [0.15, 0.2) is 18.2 Å². The van der Waals surface area contributed by atoms with Crippen molar-refractivity contribution in [2.75, 3.05) is 5.73 Å². The lowest BCUT2D eigenvalue weighted by atomic mass is 10.00. The van der Waals surface area contributed by atoms with E-state index in [4.69, 9.17) is 17.3 Å². The molecule has 0 atom stereocenters. The molecule has 2 N–H and O–H groups in total. The van der Waals surface area contributed by atoms with Crippen LogP contribution >= 0.6 is 24.0 Å². The molecule has 4 heteroatoms. The monoisotopic (exact) mass is 270 g/mol. The fraction of sp³-hybridized carbons (Fsp3) is 0.308. The molecule has 0 amide bonds. The minimum atomic E-state index is 0. The van der Waals surface area contributed by atoms with E-state index in [1.54, 1.807) is 0 Å². The quantitative estimate of drug-likeness (QED) is 0.842. The summed E-state index contributed by atoms with van der Waals surface area (Å²) in [4.78, 5) is 4.39. The second-order valence-corrected chi connectivity index (χ2v) is 4.23. The Hall–Kier alpha value is -0.990. The number of rotatable bonds is 2. The molecule has 0 unspecified atom stereocenters. The predicted molar refractivity (Wildman–Crippen MR) is 77.1 cm³/mol. The van der Waals surface area contributed by atoms with Crippen molar-refractivity contribution in [2.24, 2.45) is 0 Å². The molecule has 0 aliphatic heterocycles. The standard InChI is InChI=1S/C13H15ClN2.ClH/c1-3-9-10-6-8(2)4-5-12(10)16-13(15)11(9)7-14;/h4-6H,3,7H2,1-2H3,(H2,15,16);1H. The Balaban J connectivity index is 0.00000144. The third-order valence-electron chi connectivity index (χ3n) is 2.88. The highest BCUT2D eigenvalue weighted by Crippen LogP contribution is 2.27. The van der Waals surface area contributed by atoms with E-state index < -0.39 is 0 Å². The van der Waals surface area contributed by atoms with Gasteiger partial charge in [-0.1, -0.05) is 18.6 Å². The molecule has 0 radical (unpaired) electrons. The number of halogens is 2. The summed E-state index contributed by atoms with van der Waals surface area (Å²) in [6.45, 7) is 4.20. The van der Waals surface area contributed by atoms with Gasteiger partial charge in [0.1, 0.15) is 5.82 Å². The first-order chi connectivity index (χ1) is 7.67. The van der Waals surface area contributed by atoms with Crippen molar-refractivity contribution in [1.82, 2.24) is 4.98 Å². The first-order valence-corrected chi connectivity index (χ1v) is 5.94. The van der Waals surface area contributed by atoms with Gasteiger partial charge in [-0.15, -0.1) is 24.0 Å². The molecule has 0 bridgehead atoms. The van der Waals surface area contributed by atoms with E-state index in [9.17, 15) is 0 Å². The highest BCUT2D eigenvalue weighted by atomic mass is 35.5. The largest absolute Gasteiger partial charge is 0.383 e. The van der Waals surface area contributed by atoms with Crippen molar-refractivity contribution in [1.29, 1.82) is 0 Å². The second kappa shape index (κ2) is 5.56. The molecule has 2 aromatic rings. The maximum absolute atomic E-state index is 5.94. The molecule has 17 heavy (non-hydrogen) atoms. The van der Waals surface area contributed by atoms with Gasteiger partial charge in [0.05, 0.1) is 11.4 Å². The molecule has 0 spiro atoms. The van der Waals surface area contributed by atoms with Gasteiger partial charge < -0.3 is 5.73 Å². The topological polar surface area (TPSA) is 38.9 Å². The number of fused-ring (bicyclic) bond motifs is 1. The van der Waals surface area contributed by atoms with Gasteiger partial charge in [-0.25, -0.2) is 4.98 Å². The summed E-state index contributed by atoms with van der Waals surface area (Å²) >= 11 is 5.94. The normalized spacial score (nSPS) is 10.3. The number of aromatic nitrogens is 1. The van der Waals surface area contributed by atoms with Gasteiger partial charge in [0.25, 0.3) is 0 Å². The molecule has 2 rings (SSSR count). The molecule has 1 heterocycles. The summed E-state index contributed by atoms with van der Waals surface area (Å²) in [6.07, 6.45) is 0.925. The van der Waals surface area contributed by atoms with E-state index in [1.807, 2.05) is 6.07 Å². The van der Waals surface area contributed by atoms with Crippen molar-refractivity contribution in [2.45, 2.75) is 26.1 Å². The van der Waals surface area contributed by atoms with Crippen LogP contribution in [0.25, 0.3) is 10.9 Å². The first kappa shape index (κ1) is 14.1. The molecule has 2 nitrogen and oxygen atoms in total. The molecule has 1 aromatic heterocycles. The summed E-state index contributed by atoms with van der Waals surface area (Å²) < 4.78 is 0. The Bertz CT molecular complexity index is 538. The number of nitrogens with two attached hydrogens (primary N) is 1. The number of hydrogen-bond donors (Lipinski definition) is 1. The van der Waals surface area contributed by atoms with Gasteiger partial charge in [0.2, 0.25) is 0 Å². The van der Waals surface area contributed by atoms with Crippen LogP contribution in [0.2, 0.25) is 0 Å².